The summed E-state index contributed by atoms with van der Waals surface area (Å²) in [5.74, 6) is -0.780. The molecule has 16 nitrogen and oxygen atoms in total. The van der Waals surface area contributed by atoms with E-state index in [-0.39, 0.29) is 36.4 Å². The molecular weight excluding hydrogens is 712 g/mol. The molecule has 2 aromatic carbocycles. The molecule has 6 N–H and O–H groups in total. The summed E-state index contributed by atoms with van der Waals surface area (Å²) in [4.78, 5) is 51.6. The first kappa shape index (κ1) is 43.3. The maximum atomic E-state index is 13.0. The second-order valence-corrected chi connectivity index (χ2v) is 13.9. The van der Waals surface area contributed by atoms with Gasteiger partial charge in [0.1, 0.15) is 30.1 Å². The Bertz CT molecular complexity index is 1560. The number of nitrogens with one attached hydrogen (secondary N) is 3. The molecule has 0 aromatic heterocycles. The third kappa shape index (κ3) is 15.8. The molecule has 1 saturated heterocycles. The van der Waals surface area contributed by atoms with Crippen molar-refractivity contribution in [2.75, 3.05) is 31.6 Å². The molecule has 1 aliphatic rings. The van der Waals surface area contributed by atoms with E-state index in [0.717, 1.165) is 44.9 Å². The van der Waals surface area contributed by atoms with Gasteiger partial charge in [0, 0.05) is 50.7 Å². The lowest BCUT2D eigenvalue weighted by Gasteiger charge is -2.42. The molecular formula is C36H52N4O12S. The largest absolute Gasteiger partial charge is 0.463 e. The quantitative estimate of drug-likeness (QED) is 0.0751. The van der Waals surface area contributed by atoms with Crippen LogP contribution in [-0.2, 0) is 33.7 Å². The number of benzene rings is 2. The van der Waals surface area contributed by atoms with Gasteiger partial charge in [0.2, 0.25) is 24.0 Å². The molecule has 3 rings (SSSR count). The van der Waals surface area contributed by atoms with Crippen LogP contribution in [0.25, 0.3) is 0 Å². The van der Waals surface area contributed by atoms with E-state index in [1.807, 2.05) is 18.2 Å². The maximum Gasteiger partial charge on any atom is 0.397 e. The number of hydrogen-bond acceptors (Lipinski definition) is 11. The van der Waals surface area contributed by atoms with E-state index in [1.54, 1.807) is 29.2 Å². The average Bonchev–Trinajstić information content (AvgIpc) is 3.12. The van der Waals surface area contributed by atoms with E-state index in [4.69, 9.17) is 14.0 Å². The van der Waals surface area contributed by atoms with Gasteiger partial charge in [-0.05, 0) is 55.7 Å². The lowest BCUT2D eigenvalue weighted by atomic mass is 9.97. The van der Waals surface area contributed by atoms with Crippen LogP contribution in [0.4, 0.5) is 5.69 Å². The number of anilines is 1. The molecule has 0 bridgehead atoms. The van der Waals surface area contributed by atoms with E-state index in [2.05, 4.69) is 27.1 Å². The van der Waals surface area contributed by atoms with Crippen LogP contribution >= 0.6 is 0 Å². The predicted octanol–water partition coefficient (Wildman–Crippen LogP) is 2.56. The standard InChI is InChI=1S/C36H52N4O12S/c1-3-4-8-15-31(43)40(22-12-6-5-11-21-37-35(46)26-13-9-7-10-14-26)23-20-30(42)39-27-16-18-28(19-17-27)51-36-32(38-25(2)41)34(45)33(44)29(52-36)24-50-53(47,48)49/h7,9-10,13-14,16-19,29,32-34,36,44-45H,3-6,8,11-12,15,20-24H2,1-2H3,(H,37,46)(H,38,41)(H,39,42)(H,47,48,49). The van der Waals surface area contributed by atoms with Gasteiger partial charge >= 0.3 is 10.4 Å². The van der Waals surface area contributed by atoms with Gasteiger partial charge in [0.05, 0.1) is 6.61 Å². The van der Waals surface area contributed by atoms with Gasteiger partial charge < -0.3 is 40.5 Å². The van der Waals surface area contributed by atoms with Gasteiger partial charge in [-0.1, -0.05) is 50.8 Å². The molecule has 0 saturated carbocycles. The first-order valence-electron chi connectivity index (χ1n) is 17.9. The van der Waals surface area contributed by atoms with E-state index in [9.17, 15) is 37.8 Å². The van der Waals surface area contributed by atoms with Gasteiger partial charge in [0.15, 0.2) is 0 Å². The van der Waals surface area contributed by atoms with Crippen molar-refractivity contribution < 1.29 is 56.0 Å². The highest BCUT2D eigenvalue weighted by molar-refractivity contribution is 7.80. The van der Waals surface area contributed by atoms with Gasteiger partial charge in [0.25, 0.3) is 5.91 Å². The van der Waals surface area contributed by atoms with Crippen molar-refractivity contribution in [2.45, 2.75) is 102 Å². The minimum absolute atomic E-state index is 0.00907. The number of ether oxygens (including phenoxy) is 2. The van der Waals surface area contributed by atoms with E-state index >= 15 is 0 Å². The van der Waals surface area contributed by atoms with Gasteiger partial charge in [-0.3, -0.25) is 23.7 Å². The van der Waals surface area contributed by atoms with E-state index in [1.165, 1.54) is 19.1 Å². The van der Waals surface area contributed by atoms with Gasteiger partial charge in [-0.2, -0.15) is 8.42 Å². The van der Waals surface area contributed by atoms with Crippen LogP contribution < -0.4 is 20.7 Å². The van der Waals surface area contributed by atoms with Crippen molar-refractivity contribution >= 4 is 39.7 Å². The van der Waals surface area contributed by atoms with Crippen LogP contribution in [0.2, 0.25) is 0 Å². The highest BCUT2D eigenvalue weighted by Gasteiger charge is 2.46. The summed E-state index contributed by atoms with van der Waals surface area (Å²) >= 11 is 0. The second kappa shape index (κ2) is 22.2. The summed E-state index contributed by atoms with van der Waals surface area (Å²) in [5, 5.41) is 29.2. The Labute approximate surface area is 310 Å². The Morgan fingerprint density at radius 2 is 1.57 bits per heavy atom. The van der Waals surface area contributed by atoms with Crippen molar-refractivity contribution in [3.8, 4) is 5.75 Å². The summed E-state index contributed by atoms with van der Waals surface area (Å²) < 4.78 is 46.6. The number of carbonyl (C=O) groups is 4. The molecule has 53 heavy (non-hydrogen) atoms. The molecule has 1 aliphatic heterocycles. The van der Waals surface area contributed by atoms with Gasteiger partial charge in [-0.25, -0.2) is 4.18 Å². The lowest BCUT2D eigenvalue weighted by molar-refractivity contribution is -0.242. The van der Waals surface area contributed by atoms with Crippen LogP contribution in [0.5, 0.6) is 5.75 Å². The minimum Gasteiger partial charge on any atom is -0.463 e. The smallest absolute Gasteiger partial charge is 0.397 e. The number of aliphatic hydroxyl groups excluding tert-OH is 2. The number of hydrogen-bond donors (Lipinski definition) is 6. The fourth-order valence-electron chi connectivity index (χ4n) is 5.64. The van der Waals surface area contributed by atoms with Crippen molar-refractivity contribution in [2.24, 2.45) is 0 Å². The minimum atomic E-state index is -4.87. The maximum absolute atomic E-state index is 13.0. The second-order valence-electron chi connectivity index (χ2n) is 12.8. The molecule has 1 fully saturated rings. The molecule has 17 heteroatoms. The topological polar surface area (TPSA) is 230 Å². The van der Waals surface area contributed by atoms with Crippen molar-refractivity contribution in [1.29, 1.82) is 0 Å². The summed E-state index contributed by atoms with van der Waals surface area (Å²) in [6, 6.07) is 13.8. The van der Waals surface area contributed by atoms with Crippen molar-refractivity contribution in [3.63, 3.8) is 0 Å². The lowest BCUT2D eigenvalue weighted by Crippen LogP contribution is -2.65. The van der Waals surface area contributed by atoms with Crippen LogP contribution in [-0.4, -0.2) is 109 Å². The Hall–Kier alpha value is -4.13. The molecule has 294 valence electrons. The third-order valence-corrected chi connectivity index (χ3v) is 8.91. The number of nitrogens with zero attached hydrogens (tertiary/aromatic N) is 1. The van der Waals surface area contributed by atoms with Crippen LogP contribution in [0.15, 0.2) is 54.6 Å². The van der Waals surface area contributed by atoms with Crippen molar-refractivity contribution in [1.82, 2.24) is 15.5 Å². The van der Waals surface area contributed by atoms with Crippen LogP contribution in [0.3, 0.4) is 0 Å². The Morgan fingerprint density at radius 1 is 0.868 bits per heavy atom. The van der Waals surface area contributed by atoms with E-state index < -0.39 is 53.6 Å². The Kier molecular flexibility index (Phi) is 18.1. The Balaban J connectivity index is 1.49. The van der Waals surface area contributed by atoms with Crippen LogP contribution in [0.1, 0.15) is 82.0 Å². The molecule has 5 unspecified atom stereocenters. The molecule has 4 amide bonds. The molecule has 0 spiro atoms. The molecule has 2 aromatic rings. The Morgan fingerprint density at radius 3 is 2.23 bits per heavy atom. The zero-order chi connectivity index (χ0) is 38.8. The number of amides is 4. The summed E-state index contributed by atoms with van der Waals surface area (Å²) in [7, 11) is -4.87. The predicted molar refractivity (Wildman–Crippen MR) is 194 cm³/mol. The zero-order valence-electron chi connectivity index (χ0n) is 30.1. The molecule has 5 atom stereocenters. The molecule has 0 aliphatic carbocycles. The number of rotatable bonds is 22. The summed E-state index contributed by atoms with van der Waals surface area (Å²) in [6.07, 6.45) is 0.353. The zero-order valence-corrected chi connectivity index (χ0v) is 31.0. The molecule has 1 heterocycles. The average molecular weight is 765 g/mol. The van der Waals surface area contributed by atoms with E-state index in [0.29, 0.717) is 30.8 Å². The first-order valence-corrected chi connectivity index (χ1v) is 19.2. The van der Waals surface area contributed by atoms with Gasteiger partial charge in [-0.15, -0.1) is 0 Å². The molecule has 0 radical (unpaired) electrons. The SMILES string of the molecule is CCCCCC(=O)N(CCCCCCNC(=O)c1ccccc1)CCC(=O)Nc1ccc(OC2OC(COS(=O)(=O)O)C(O)C(O)C2NC(C)=O)cc1. The highest BCUT2D eigenvalue weighted by Crippen LogP contribution is 2.26. The number of aliphatic hydroxyl groups is 2. The summed E-state index contributed by atoms with van der Waals surface area (Å²) in [5.41, 5.74) is 1.05. The number of carbonyl (C=O) groups excluding carboxylic acids is 4. The highest BCUT2D eigenvalue weighted by atomic mass is 32.3. The monoisotopic (exact) mass is 764 g/mol. The number of unbranched alkanes of at least 4 members (excludes halogenated alkanes) is 5. The third-order valence-electron chi connectivity index (χ3n) is 8.47. The first-order chi connectivity index (χ1) is 25.3. The fraction of sp³-hybridized carbons (Fsp3) is 0.556. The summed E-state index contributed by atoms with van der Waals surface area (Å²) in [6.45, 7) is 3.75. The van der Waals surface area contributed by atoms with Crippen molar-refractivity contribution in [3.05, 3.63) is 60.2 Å². The normalized spacial score (nSPS) is 19.9. The fourth-order valence-corrected chi connectivity index (χ4v) is 5.95. The van der Waals surface area contributed by atoms with Crippen LogP contribution in [0, 0.1) is 0 Å².